The van der Waals surface area contributed by atoms with Crippen LogP contribution in [-0.2, 0) is 7.05 Å². The molecule has 1 aromatic heterocycles. The molecule has 22 heavy (non-hydrogen) atoms. The number of hydrogen-bond donors (Lipinski definition) is 1. The summed E-state index contributed by atoms with van der Waals surface area (Å²) in [6.45, 7) is 1.96. The van der Waals surface area contributed by atoms with Gasteiger partial charge in [-0.15, -0.1) is 5.10 Å². The lowest BCUT2D eigenvalue weighted by atomic mass is 10.1. The first-order chi connectivity index (χ1) is 10.6. The number of nitrogens with zero attached hydrogens (tertiary/aromatic N) is 4. The lowest BCUT2D eigenvalue weighted by molar-refractivity contribution is 0.102. The van der Waals surface area contributed by atoms with Crippen LogP contribution in [0, 0.1) is 6.92 Å². The zero-order valence-electron chi connectivity index (χ0n) is 12.3. The van der Waals surface area contributed by atoms with Crippen molar-refractivity contribution >= 4 is 11.6 Å². The van der Waals surface area contributed by atoms with Gasteiger partial charge in [0.15, 0.2) is 5.82 Å². The molecule has 0 fully saturated rings. The maximum Gasteiger partial charge on any atom is 0.255 e. The Morgan fingerprint density at radius 2 is 1.91 bits per heavy atom. The summed E-state index contributed by atoms with van der Waals surface area (Å²) in [6.07, 6.45) is 0. The second-order valence-corrected chi connectivity index (χ2v) is 5.03. The molecule has 1 heterocycles. The zero-order valence-corrected chi connectivity index (χ0v) is 12.3. The average molecular weight is 293 g/mol. The quantitative estimate of drug-likeness (QED) is 0.805. The maximum atomic E-state index is 12.2. The van der Waals surface area contributed by atoms with E-state index in [4.69, 9.17) is 0 Å². The van der Waals surface area contributed by atoms with Crippen LogP contribution in [0.5, 0.6) is 0 Å². The van der Waals surface area contributed by atoms with Gasteiger partial charge in [0, 0.05) is 23.9 Å². The van der Waals surface area contributed by atoms with Crippen LogP contribution in [0.3, 0.4) is 0 Å². The molecule has 2 aromatic carbocycles. The van der Waals surface area contributed by atoms with Gasteiger partial charge in [-0.3, -0.25) is 4.79 Å². The van der Waals surface area contributed by atoms with Gasteiger partial charge in [-0.25, -0.2) is 4.68 Å². The molecule has 6 nitrogen and oxygen atoms in total. The van der Waals surface area contributed by atoms with Gasteiger partial charge in [-0.2, -0.15) is 0 Å². The zero-order chi connectivity index (χ0) is 15.5. The van der Waals surface area contributed by atoms with Crippen molar-refractivity contribution in [2.24, 2.45) is 7.05 Å². The molecule has 3 aromatic rings. The number of aryl methyl sites for hydroxylation is 2. The van der Waals surface area contributed by atoms with Gasteiger partial charge in [0.25, 0.3) is 5.91 Å². The summed E-state index contributed by atoms with van der Waals surface area (Å²) in [7, 11) is 1.78. The summed E-state index contributed by atoms with van der Waals surface area (Å²) < 4.78 is 1.60. The van der Waals surface area contributed by atoms with E-state index in [1.165, 1.54) is 0 Å². The molecule has 0 atom stereocenters. The number of carbonyl (C=O) groups excluding carboxylic acids is 1. The van der Waals surface area contributed by atoms with E-state index >= 15 is 0 Å². The molecule has 0 aliphatic carbocycles. The van der Waals surface area contributed by atoms with Crippen LogP contribution >= 0.6 is 0 Å². The summed E-state index contributed by atoms with van der Waals surface area (Å²) in [5, 5.41) is 14.2. The first-order valence-corrected chi connectivity index (χ1v) is 6.84. The average Bonchev–Trinajstić information content (AvgIpc) is 2.94. The van der Waals surface area contributed by atoms with Crippen molar-refractivity contribution < 1.29 is 4.79 Å². The predicted molar refractivity (Wildman–Crippen MR) is 83.4 cm³/mol. The highest BCUT2D eigenvalue weighted by Crippen LogP contribution is 2.18. The van der Waals surface area contributed by atoms with Crippen molar-refractivity contribution in [3.63, 3.8) is 0 Å². The van der Waals surface area contributed by atoms with Crippen molar-refractivity contribution in [2.45, 2.75) is 6.92 Å². The predicted octanol–water partition coefficient (Wildman–Crippen LogP) is 2.44. The molecule has 0 unspecified atom stereocenters. The molecule has 0 saturated heterocycles. The van der Waals surface area contributed by atoms with Crippen molar-refractivity contribution in [2.75, 3.05) is 5.32 Å². The molecule has 0 aliphatic heterocycles. The van der Waals surface area contributed by atoms with Crippen LogP contribution in [0.4, 0.5) is 5.69 Å². The third kappa shape index (κ3) is 2.85. The molecule has 3 rings (SSSR count). The van der Waals surface area contributed by atoms with Gasteiger partial charge >= 0.3 is 0 Å². The highest BCUT2D eigenvalue weighted by atomic mass is 16.1. The van der Waals surface area contributed by atoms with Crippen molar-refractivity contribution in [3.8, 4) is 11.4 Å². The fourth-order valence-electron chi connectivity index (χ4n) is 2.17. The summed E-state index contributed by atoms with van der Waals surface area (Å²) in [4.78, 5) is 12.2. The topological polar surface area (TPSA) is 72.7 Å². The maximum absolute atomic E-state index is 12.2. The van der Waals surface area contributed by atoms with Gasteiger partial charge in [0.1, 0.15) is 0 Å². The minimum atomic E-state index is -0.128. The van der Waals surface area contributed by atoms with Crippen LogP contribution in [0.1, 0.15) is 15.9 Å². The molecular formula is C16H15N5O. The summed E-state index contributed by atoms with van der Waals surface area (Å²) in [6, 6.07) is 14.9. The molecule has 1 amide bonds. The van der Waals surface area contributed by atoms with Gasteiger partial charge in [-0.1, -0.05) is 17.7 Å². The smallest absolute Gasteiger partial charge is 0.255 e. The van der Waals surface area contributed by atoms with Crippen LogP contribution < -0.4 is 5.32 Å². The first-order valence-electron chi connectivity index (χ1n) is 6.84. The number of hydrogen-bond acceptors (Lipinski definition) is 4. The number of carbonyl (C=O) groups is 1. The van der Waals surface area contributed by atoms with E-state index in [1.54, 1.807) is 17.8 Å². The largest absolute Gasteiger partial charge is 0.322 e. The number of rotatable bonds is 3. The van der Waals surface area contributed by atoms with E-state index in [9.17, 15) is 4.79 Å². The fourth-order valence-corrected chi connectivity index (χ4v) is 2.17. The fraction of sp³-hybridized carbons (Fsp3) is 0.125. The van der Waals surface area contributed by atoms with Gasteiger partial charge in [0.2, 0.25) is 0 Å². The number of amides is 1. The van der Waals surface area contributed by atoms with Crippen molar-refractivity contribution in [3.05, 3.63) is 59.7 Å². The van der Waals surface area contributed by atoms with E-state index in [0.29, 0.717) is 11.4 Å². The van der Waals surface area contributed by atoms with E-state index in [0.717, 1.165) is 16.8 Å². The van der Waals surface area contributed by atoms with Crippen molar-refractivity contribution in [1.29, 1.82) is 0 Å². The number of benzene rings is 2. The van der Waals surface area contributed by atoms with E-state index in [-0.39, 0.29) is 5.91 Å². The molecular weight excluding hydrogens is 278 g/mol. The second kappa shape index (κ2) is 5.77. The van der Waals surface area contributed by atoms with Gasteiger partial charge in [0.05, 0.1) is 0 Å². The van der Waals surface area contributed by atoms with Crippen molar-refractivity contribution in [1.82, 2.24) is 20.2 Å². The summed E-state index contributed by atoms with van der Waals surface area (Å²) in [5.41, 5.74) is 3.31. The molecule has 0 radical (unpaired) electrons. The Labute approximate surface area is 127 Å². The molecule has 0 spiro atoms. The van der Waals surface area contributed by atoms with E-state index in [2.05, 4.69) is 20.8 Å². The Bertz CT molecular complexity index is 807. The molecule has 1 N–H and O–H groups in total. The normalized spacial score (nSPS) is 10.5. The summed E-state index contributed by atoms with van der Waals surface area (Å²) >= 11 is 0. The minimum absolute atomic E-state index is 0.128. The van der Waals surface area contributed by atoms with E-state index in [1.807, 2.05) is 49.4 Å². The lowest BCUT2D eigenvalue weighted by Crippen LogP contribution is -2.11. The number of tetrazole rings is 1. The second-order valence-electron chi connectivity index (χ2n) is 5.03. The number of aromatic nitrogens is 4. The minimum Gasteiger partial charge on any atom is -0.322 e. The van der Waals surface area contributed by atoms with E-state index < -0.39 is 0 Å². The Morgan fingerprint density at radius 1 is 1.14 bits per heavy atom. The highest BCUT2D eigenvalue weighted by Gasteiger charge is 2.08. The van der Waals surface area contributed by atoms with Gasteiger partial charge in [-0.05, 0) is 53.7 Å². The summed E-state index contributed by atoms with van der Waals surface area (Å²) in [5.74, 6) is 0.549. The molecule has 6 heteroatoms. The van der Waals surface area contributed by atoms with Crippen LogP contribution in [0.15, 0.2) is 48.5 Å². The molecule has 0 saturated carbocycles. The first kappa shape index (κ1) is 13.9. The number of anilines is 1. The van der Waals surface area contributed by atoms with Crippen LogP contribution in [0.25, 0.3) is 11.4 Å². The van der Waals surface area contributed by atoms with Crippen LogP contribution in [-0.4, -0.2) is 26.1 Å². The third-order valence-corrected chi connectivity index (χ3v) is 3.30. The lowest BCUT2D eigenvalue weighted by Gasteiger charge is -2.07. The highest BCUT2D eigenvalue weighted by molar-refractivity contribution is 6.04. The monoisotopic (exact) mass is 293 g/mol. The Balaban J connectivity index is 1.76. The van der Waals surface area contributed by atoms with Gasteiger partial charge < -0.3 is 5.32 Å². The third-order valence-electron chi connectivity index (χ3n) is 3.30. The Morgan fingerprint density at radius 3 is 2.55 bits per heavy atom. The standard InChI is InChI=1S/C16H15N5O/c1-11-4-3-5-13(10-11)16(22)17-14-8-6-12(7-9-14)15-18-19-20-21(15)2/h3-10H,1-2H3,(H,17,22). The number of nitrogens with one attached hydrogen (secondary N) is 1. The molecule has 0 aliphatic rings. The SMILES string of the molecule is Cc1cccc(C(=O)Nc2ccc(-c3nnnn3C)cc2)c1. The molecule has 0 bridgehead atoms. The van der Waals surface area contributed by atoms with Crippen LogP contribution in [0.2, 0.25) is 0 Å². The Hall–Kier alpha value is -3.02. The molecule has 110 valence electrons. The Kier molecular flexibility index (Phi) is 3.65.